The van der Waals surface area contributed by atoms with Crippen molar-refractivity contribution in [2.75, 3.05) is 0 Å². The van der Waals surface area contributed by atoms with E-state index < -0.39 is 0 Å². The van der Waals surface area contributed by atoms with E-state index in [1.807, 2.05) is 36.5 Å². The average Bonchev–Trinajstić information content (AvgIpc) is 2.82. The molecule has 0 spiro atoms. The third kappa shape index (κ3) is 2.52. The van der Waals surface area contributed by atoms with Gasteiger partial charge in [0.05, 0.1) is 5.56 Å². The molecule has 1 aromatic carbocycles. The first-order valence-electron chi connectivity index (χ1n) is 6.91. The molecule has 1 heterocycles. The largest absolute Gasteiger partial charge is 0.244 e. The molecule has 0 radical (unpaired) electrons. The minimum absolute atomic E-state index is 0.721. The van der Waals surface area contributed by atoms with Crippen molar-refractivity contribution in [3.8, 4) is 6.07 Å². The van der Waals surface area contributed by atoms with Gasteiger partial charge in [-0.1, -0.05) is 37.3 Å². The summed E-state index contributed by atoms with van der Waals surface area (Å²) < 4.78 is 0. The number of nitriles is 1. The molecule has 1 atom stereocenters. The predicted octanol–water partition coefficient (Wildman–Crippen LogP) is 4.50. The zero-order valence-corrected chi connectivity index (χ0v) is 12.3. The summed E-state index contributed by atoms with van der Waals surface area (Å²) in [6.07, 6.45) is 5.15. The quantitative estimate of drug-likeness (QED) is 0.746. The lowest BCUT2D eigenvalue weighted by atomic mass is 9.89. The van der Waals surface area contributed by atoms with E-state index in [0.717, 1.165) is 34.9 Å². The molecule has 3 heteroatoms. The highest BCUT2D eigenvalue weighted by Gasteiger charge is 2.23. The van der Waals surface area contributed by atoms with Crippen LogP contribution in [0.15, 0.2) is 35.3 Å². The highest BCUT2D eigenvalue weighted by Crippen LogP contribution is 2.40. The van der Waals surface area contributed by atoms with Crippen LogP contribution < -0.4 is 0 Å². The molecule has 2 aromatic rings. The van der Waals surface area contributed by atoms with Crippen LogP contribution in [0.25, 0.3) is 0 Å². The van der Waals surface area contributed by atoms with Crippen molar-refractivity contribution in [2.24, 2.45) is 10.9 Å². The Hall–Kier alpha value is -1.92. The zero-order valence-electron chi connectivity index (χ0n) is 11.5. The molecule has 0 fully saturated rings. The first kappa shape index (κ1) is 13.1. The Labute approximate surface area is 123 Å². The van der Waals surface area contributed by atoms with Crippen molar-refractivity contribution in [2.45, 2.75) is 26.2 Å². The van der Waals surface area contributed by atoms with Crippen molar-refractivity contribution in [3.05, 3.63) is 51.9 Å². The Morgan fingerprint density at radius 3 is 2.90 bits per heavy atom. The van der Waals surface area contributed by atoms with Gasteiger partial charge in [-0.2, -0.15) is 5.26 Å². The Morgan fingerprint density at radius 2 is 2.15 bits per heavy atom. The zero-order chi connectivity index (χ0) is 13.9. The summed E-state index contributed by atoms with van der Waals surface area (Å²) in [6.45, 7) is 2.28. The predicted molar refractivity (Wildman–Crippen MR) is 83.9 cm³/mol. The maximum atomic E-state index is 9.41. The third-order valence-corrected chi connectivity index (χ3v) is 4.90. The van der Waals surface area contributed by atoms with E-state index in [1.165, 1.54) is 16.9 Å². The van der Waals surface area contributed by atoms with Crippen molar-refractivity contribution >= 4 is 22.6 Å². The van der Waals surface area contributed by atoms with Gasteiger partial charge in [-0.25, -0.2) is 4.99 Å². The molecule has 1 aliphatic rings. The second-order valence-corrected chi connectivity index (χ2v) is 6.40. The summed E-state index contributed by atoms with van der Waals surface area (Å²) >= 11 is 1.69. The van der Waals surface area contributed by atoms with Crippen molar-refractivity contribution < 1.29 is 0 Å². The lowest BCUT2D eigenvalue weighted by Crippen LogP contribution is -2.09. The first-order chi connectivity index (χ1) is 9.78. The van der Waals surface area contributed by atoms with Crippen molar-refractivity contribution in [1.82, 2.24) is 0 Å². The van der Waals surface area contributed by atoms with Crippen LogP contribution in [0.3, 0.4) is 0 Å². The fourth-order valence-electron chi connectivity index (χ4n) is 2.61. The van der Waals surface area contributed by atoms with E-state index >= 15 is 0 Å². The van der Waals surface area contributed by atoms with Crippen LogP contribution in [-0.4, -0.2) is 6.21 Å². The van der Waals surface area contributed by atoms with E-state index in [1.54, 1.807) is 11.3 Å². The SMILES string of the molecule is CC1CCc2c(sc(/N=C/c3ccccc3)c2C#N)C1. The maximum Gasteiger partial charge on any atom is 0.134 e. The minimum Gasteiger partial charge on any atom is -0.244 e. The molecule has 0 N–H and O–H groups in total. The smallest absolute Gasteiger partial charge is 0.134 e. The molecular weight excluding hydrogens is 264 g/mol. The molecule has 0 saturated carbocycles. The minimum atomic E-state index is 0.721. The summed E-state index contributed by atoms with van der Waals surface area (Å²) in [6, 6.07) is 12.4. The van der Waals surface area contributed by atoms with Gasteiger partial charge in [-0.3, -0.25) is 0 Å². The Bertz CT molecular complexity index is 677. The normalized spacial score (nSPS) is 17.9. The molecular formula is C17H16N2S. The number of aliphatic imine (C=N–C) groups is 1. The van der Waals surface area contributed by atoms with Gasteiger partial charge in [-0.15, -0.1) is 11.3 Å². The molecule has 2 nitrogen and oxygen atoms in total. The molecule has 1 aromatic heterocycles. The van der Waals surface area contributed by atoms with E-state index in [0.29, 0.717) is 0 Å². The van der Waals surface area contributed by atoms with Crippen LogP contribution >= 0.6 is 11.3 Å². The second kappa shape index (κ2) is 5.60. The number of fused-ring (bicyclic) bond motifs is 1. The number of hydrogen-bond donors (Lipinski definition) is 0. The topological polar surface area (TPSA) is 36.1 Å². The fraction of sp³-hybridized carbons (Fsp3) is 0.294. The number of thiophene rings is 1. The van der Waals surface area contributed by atoms with Crippen LogP contribution in [0.5, 0.6) is 0 Å². The summed E-state index contributed by atoms with van der Waals surface area (Å²) in [5.41, 5.74) is 3.11. The number of rotatable bonds is 2. The van der Waals surface area contributed by atoms with Gasteiger partial charge in [-0.05, 0) is 36.3 Å². The summed E-state index contributed by atoms with van der Waals surface area (Å²) in [5, 5.41) is 10.3. The van der Waals surface area contributed by atoms with Crippen LogP contribution in [0.4, 0.5) is 5.00 Å². The number of nitrogens with zero attached hydrogens (tertiary/aromatic N) is 2. The van der Waals surface area contributed by atoms with Gasteiger partial charge in [0.25, 0.3) is 0 Å². The van der Waals surface area contributed by atoms with E-state index in [2.05, 4.69) is 18.0 Å². The summed E-state index contributed by atoms with van der Waals surface area (Å²) in [5.74, 6) is 0.721. The van der Waals surface area contributed by atoms with Crippen molar-refractivity contribution in [1.29, 1.82) is 5.26 Å². The molecule has 0 bridgehead atoms. The van der Waals surface area contributed by atoms with E-state index in [4.69, 9.17) is 0 Å². The van der Waals surface area contributed by atoms with E-state index in [9.17, 15) is 5.26 Å². The average molecular weight is 280 g/mol. The molecule has 100 valence electrons. The maximum absolute atomic E-state index is 9.41. The lowest BCUT2D eigenvalue weighted by molar-refractivity contribution is 0.507. The molecule has 0 aliphatic heterocycles. The van der Waals surface area contributed by atoms with E-state index in [-0.39, 0.29) is 0 Å². The molecule has 20 heavy (non-hydrogen) atoms. The first-order valence-corrected chi connectivity index (χ1v) is 7.73. The second-order valence-electron chi connectivity index (χ2n) is 5.31. The van der Waals surface area contributed by atoms with Crippen LogP contribution in [0.1, 0.15) is 34.9 Å². The number of hydrogen-bond acceptors (Lipinski definition) is 3. The molecule has 0 amide bonds. The van der Waals surface area contributed by atoms with Crippen LogP contribution in [0.2, 0.25) is 0 Å². The summed E-state index contributed by atoms with van der Waals surface area (Å²) in [4.78, 5) is 5.91. The van der Waals surface area contributed by atoms with Gasteiger partial charge in [0.15, 0.2) is 0 Å². The standard InChI is InChI=1S/C17H16N2S/c1-12-7-8-14-15(10-18)17(20-16(14)9-12)19-11-13-5-3-2-4-6-13/h2-6,11-12H,7-9H2,1H3/b19-11+. The molecule has 0 saturated heterocycles. The lowest BCUT2D eigenvalue weighted by Gasteiger charge is -2.17. The number of benzene rings is 1. The highest BCUT2D eigenvalue weighted by molar-refractivity contribution is 7.16. The monoisotopic (exact) mass is 280 g/mol. The van der Waals surface area contributed by atoms with Crippen LogP contribution in [0, 0.1) is 17.2 Å². The van der Waals surface area contributed by atoms with Gasteiger partial charge in [0.1, 0.15) is 11.1 Å². The Morgan fingerprint density at radius 1 is 1.35 bits per heavy atom. The van der Waals surface area contributed by atoms with Gasteiger partial charge >= 0.3 is 0 Å². The highest BCUT2D eigenvalue weighted by atomic mass is 32.1. The van der Waals surface area contributed by atoms with Gasteiger partial charge < -0.3 is 0 Å². The Balaban J connectivity index is 1.95. The Kier molecular flexibility index (Phi) is 3.66. The molecule has 1 aliphatic carbocycles. The fourth-order valence-corrected chi connectivity index (χ4v) is 3.92. The molecule has 1 unspecified atom stereocenters. The van der Waals surface area contributed by atoms with Crippen LogP contribution in [-0.2, 0) is 12.8 Å². The summed E-state index contributed by atoms with van der Waals surface area (Å²) in [7, 11) is 0. The van der Waals surface area contributed by atoms with Crippen molar-refractivity contribution in [3.63, 3.8) is 0 Å². The third-order valence-electron chi connectivity index (χ3n) is 3.74. The molecule has 3 rings (SSSR count). The van der Waals surface area contributed by atoms with Gasteiger partial charge in [0, 0.05) is 11.1 Å². The van der Waals surface area contributed by atoms with Gasteiger partial charge in [0.2, 0.25) is 0 Å².